The van der Waals surface area contributed by atoms with E-state index in [0.29, 0.717) is 13.2 Å². The minimum atomic E-state index is -0.248. The van der Waals surface area contributed by atoms with Crippen LogP contribution in [0, 0.1) is 42.9 Å². The molecule has 1 amide bonds. The first kappa shape index (κ1) is 26.1. The predicted molar refractivity (Wildman–Crippen MR) is 109 cm³/mol. The predicted octanol–water partition coefficient (Wildman–Crippen LogP) is 4.19. The van der Waals surface area contributed by atoms with Crippen LogP contribution >= 0.6 is 11.8 Å². The summed E-state index contributed by atoms with van der Waals surface area (Å²) in [4.78, 5) is 12.2. The van der Waals surface area contributed by atoms with Crippen LogP contribution in [0.15, 0.2) is 31.4 Å². The Bertz CT molecular complexity index is 686. The molecule has 2 N–H and O–H groups in total. The number of aliphatic hydroxyl groups excluding tert-OH is 1. The molecule has 4 nitrogen and oxygen atoms in total. The van der Waals surface area contributed by atoms with Gasteiger partial charge in [-0.2, -0.15) is 13.8 Å². The van der Waals surface area contributed by atoms with E-state index < -0.39 is 0 Å². The van der Waals surface area contributed by atoms with Crippen molar-refractivity contribution in [2.75, 3.05) is 6.61 Å². The van der Waals surface area contributed by atoms with Gasteiger partial charge in [-0.15, -0.1) is 0 Å². The van der Waals surface area contributed by atoms with E-state index in [-0.39, 0.29) is 43.6 Å². The van der Waals surface area contributed by atoms with Gasteiger partial charge in [0.05, 0.1) is 13.2 Å². The number of nitrogens with one attached hydrogen (secondary N) is 1. The van der Waals surface area contributed by atoms with Gasteiger partial charge in [-0.3, -0.25) is 10.9 Å². The fraction of sp³-hybridized carbons (Fsp3) is 0.333. The summed E-state index contributed by atoms with van der Waals surface area (Å²) in [6.45, 7) is 14.2. The fourth-order valence-electron chi connectivity index (χ4n) is 2.51. The fourth-order valence-corrected chi connectivity index (χ4v) is 3.03. The van der Waals surface area contributed by atoms with Crippen molar-refractivity contribution in [3.05, 3.63) is 65.5 Å². The van der Waals surface area contributed by atoms with Gasteiger partial charge in [-0.25, -0.2) is 0 Å². The summed E-state index contributed by atoms with van der Waals surface area (Å²) in [5.74, 6) is 0.533. The number of hydrogen-bond donors (Lipinski definition) is 2. The average molecular weight is 612 g/mol. The third kappa shape index (κ3) is 7.54. The van der Waals surface area contributed by atoms with E-state index in [4.69, 9.17) is 4.74 Å². The number of ether oxygens (including phenoxy) is 1. The minimum absolute atomic E-state index is 0. The smallest absolute Gasteiger partial charge is 0.492 e. The third-order valence-electron chi connectivity index (χ3n) is 3.58. The van der Waals surface area contributed by atoms with E-state index in [1.165, 1.54) is 17.8 Å². The monoisotopic (exact) mass is 611 g/mol. The molecule has 0 fully saturated rings. The van der Waals surface area contributed by atoms with Crippen LogP contribution in [0.2, 0.25) is 0 Å². The van der Waals surface area contributed by atoms with Gasteiger partial charge in [0.1, 0.15) is 5.75 Å². The molecule has 144 valence electrons. The normalized spacial score (nSPS) is 11.6. The molecule has 27 heavy (non-hydrogen) atoms. The van der Waals surface area contributed by atoms with Crippen molar-refractivity contribution < 1.29 is 45.8 Å². The molecular formula is C21H27NO3SU. The maximum Gasteiger partial charge on any atom is 2.00 e. The largest absolute Gasteiger partial charge is 2.00 e. The van der Waals surface area contributed by atoms with Crippen LogP contribution in [0.5, 0.6) is 5.75 Å². The number of aliphatic hydroxyl groups is 1. The Hall–Kier alpha value is -0.928. The third-order valence-corrected chi connectivity index (χ3v) is 4.40. The van der Waals surface area contributed by atoms with Gasteiger partial charge in [-0.1, -0.05) is 20.1 Å². The second-order valence-corrected chi connectivity index (χ2v) is 6.49. The van der Waals surface area contributed by atoms with Crippen LogP contribution in [-0.2, 0) is 24.4 Å². The van der Waals surface area contributed by atoms with E-state index in [2.05, 4.69) is 23.9 Å². The van der Waals surface area contributed by atoms with Gasteiger partial charge in [0.25, 0.3) is 0 Å². The number of rotatable bonds is 7. The molecule has 0 bridgehead atoms. The quantitative estimate of drug-likeness (QED) is 0.359. The zero-order chi connectivity index (χ0) is 19.5. The van der Waals surface area contributed by atoms with Gasteiger partial charge in [0, 0.05) is 24.1 Å². The molecule has 0 radical (unpaired) electrons. The van der Waals surface area contributed by atoms with Crippen molar-refractivity contribution in [1.82, 2.24) is 5.32 Å². The van der Waals surface area contributed by atoms with Crippen LogP contribution in [-0.4, -0.2) is 17.6 Å². The Morgan fingerprint density at radius 3 is 2.74 bits per heavy atom. The molecule has 0 atom stereocenters. The Morgan fingerprint density at radius 1 is 1.52 bits per heavy atom. The maximum atomic E-state index is 11.4. The first-order chi connectivity index (χ1) is 12.5. The Kier molecular flexibility index (Phi) is 13.6. The Balaban J connectivity index is 0.00000158. The van der Waals surface area contributed by atoms with Gasteiger partial charge >= 0.3 is 31.1 Å². The van der Waals surface area contributed by atoms with E-state index in [1.54, 1.807) is 0 Å². The van der Waals surface area contributed by atoms with Crippen LogP contribution in [0.3, 0.4) is 0 Å². The first-order valence-electron chi connectivity index (χ1n) is 8.48. The Morgan fingerprint density at radius 2 is 2.19 bits per heavy atom. The van der Waals surface area contributed by atoms with E-state index in [0.717, 1.165) is 39.3 Å². The summed E-state index contributed by atoms with van der Waals surface area (Å²) in [5.41, 5.74) is 3.56. The van der Waals surface area contributed by atoms with Crippen molar-refractivity contribution >= 4 is 22.6 Å². The maximum absolute atomic E-state index is 11.4. The van der Waals surface area contributed by atoms with E-state index in [1.807, 2.05) is 39.3 Å². The van der Waals surface area contributed by atoms with Crippen LogP contribution in [0.4, 0.5) is 0 Å². The molecule has 1 aromatic rings. The molecule has 1 aromatic carbocycles. The summed E-state index contributed by atoms with van der Waals surface area (Å²) in [6.07, 6.45) is 5.79. The van der Waals surface area contributed by atoms with Crippen LogP contribution in [0.25, 0.3) is 4.91 Å². The number of fused-ring (bicyclic) bond motifs is 1. The number of hydrogen-bond acceptors (Lipinski definition) is 4. The number of amides is 1. The number of thioether (sulfide) groups is 1. The molecule has 2 rings (SSSR count). The molecule has 1 aliphatic heterocycles. The van der Waals surface area contributed by atoms with Gasteiger partial charge in [0.15, 0.2) is 0 Å². The van der Waals surface area contributed by atoms with Gasteiger partial charge in [0.2, 0.25) is 5.91 Å². The Labute approximate surface area is 190 Å². The van der Waals surface area contributed by atoms with Crippen molar-refractivity contribution in [2.24, 2.45) is 0 Å². The number of allylic oxidation sites excluding steroid dienone is 1. The molecule has 0 aromatic heterocycles. The summed E-state index contributed by atoms with van der Waals surface area (Å²) in [7, 11) is 0. The zero-order valence-electron chi connectivity index (χ0n) is 16.2. The van der Waals surface area contributed by atoms with Crippen LogP contribution in [0.1, 0.15) is 43.0 Å². The summed E-state index contributed by atoms with van der Waals surface area (Å²) >= 11 is 1.40. The molecule has 0 saturated heterocycles. The van der Waals surface area contributed by atoms with Crippen LogP contribution < -0.4 is 10.1 Å². The van der Waals surface area contributed by atoms with Crippen molar-refractivity contribution in [1.29, 1.82) is 0 Å². The van der Waals surface area contributed by atoms with E-state index >= 15 is 0 Å². The first-order valence-corrected chi connectivity index (χ1v) is 9.30. The second-order valence-electron chi connectivity index (χ2n) is 5.56. The van der Waals surface area contributed by atoms with Gasteiger partial charge in [-0.05, 0) is 28.2 Å². The van der Waals surface area contributed by atoms with Crippen molar-refractivity contribution in [2.45, 2.75) is 40.3 Å². The van der Waals surface area contributed by atoms with Gasteiger partial charge < -0.3 is 38.8 Å². The molecular weight excluding hydrogens is 584 g/mol. The number of carbonyl (C=O) groups excluding carboxylic acids is 1. The molecule has 1 heterocycles. The molecule has 0 saturated carbocycles. The molecule has 1 aliphatic rings. The average Bonchev–Trinajstić information content (AvgIpc) is 3.13. The summed E-state index contributed by atoms with van der Waals surface area (Å²) in [6, 6.07) is 1.92. The number of carbonyl (C=O) groups is 1. The molecule has 0 spiro atoms. The second kappa shape index (κ2) is 14.1. The molecule has 0 unspecified atom stereocenters. The minimum Gasteiger partial charge on any atom is -0.492 e. The summed E-state index contributed by atoms with van der Waals surface area (Å²) in [5, 5.41) is 15.5. The zero-order valence-corrected chi connectivity index (χ0v) is 21.2. The topological polar surface area (TPSA) is 58.6 Å². The van der Waals surface area contributed by atoms with Crippen molar-refractivity contribution in [3.63, 3.8) is 0 Å². The standard InChI is InChI=1S/C18H20NO3S.C3H7.U/c1-4-8-23-12(3)15-9-13(10-19-17(21)5-2)16(11-20)14-6-7-22-18(14)15;1-3-2;/h4-5,9,20H,2-3,6-7,10-11H2,1H3,(H,19,21);3H,1-2H3;/q2*-1;+2. The molecule has 6 heteroatoms. The molecule has 0 aliphatic carbocycles. The number of benzene rings is 1. The summed E-state index contributed by atoms with van der Waals surface area (Å²) < 4.78 is 5.75. The van der Waals surface area contributed by atoms with E-state index in [9.17, 15) is 9.90 Å². The van der Waals surface area contributed by atoms with Crippen molar-refractivity contribution in [3.8, 4) is 5.75 Å². The SMILES string of the molecule is C=CC(=O)NCc1cc(C(=C)S[C-]=CC)c2c(c1CO)CCO2.C[CH-]C.[U+2].